The molecule has 1 aromatic carbocycles. The number of hydrogen-bond donors (Lipinski definition) is 0. The van der Waals surface area contributed by atoms with Crippen molar-refractivity contribution in [3.63, 3.8) is 0 Å². The highest BCUT2D eigenvalue weighted by molar-refractivity contribution is 7.89. The van der Waals surface area contributed by atoms with Gasteiger partial charge in [0.05, 0.1) is 36.4 Å². The molecule has 6 nitrogen and oxygen atoms in total. The first-order chi connectivity index (χ1) is 10.5. The Balaban J connectivity index is 1.53. The summed E-state index contributed by atoms with van der Waals surface area (Å²) in [7, 11) is -3.51. The molecule has 4 atom stereocenters. The van der Waals surface area contributed by atoms with Crippen LogP contribution in [0, 0.1) is 0 Å². The van der Waals surface area contributed by atoms with E-state index in [4.69, 9.17) is 14.2 Å². The minimum Gasteiger partial charge on any atom is -0.372 e. The second kappa shape index (κ2) is 5.28. The lowest BCUT2D eigenvalue weighted by atomic mass is 10.1. The summed E-state index contributed by atoms with van der Waals surface area (Å²) >= 11 is 0. The van der Waals surface area contributed by atoms with Crippen LogP contribution in [0.15, 0.2) is 29.2 Å². The number of nitrogens with zero attached hydrogens (tertiary/aromatic N) is 1. The lowest BCUT2D eigenvalue weighted by Gasteiger charge is -2.20. The van der Waals surface area contributed by atoms with Crippen LogP contribution in [0.4, 0.5) is 0 Å². The fraction of sp³-hybridized carbons (Fsp3) is 0.600. The highest BCUT2D eigenvalue weighted by Crippen LogP contribution is 2.38. The first kappa shape index (κ1) is 14.6. The summed E-state index contributed by atoms with van der Waals surface area (Å²) in [4.78, 5) is 0.311. The van der Waals surface area contributed by atoms with Gasteiger partial charge in [0, 0.05) is 13.1 Å². The fourth-order valence-corrected chi connectivity index (χ4v) is 4.09. The van der Waals surface area contributed by atoms with E-state index in [0.717, 1.165) is 5.56 Å². The van der Waals surface area contributed by atoms with Gasteiger partial charge in [0.15, 0.2) is 0 Å². The predicted octanol–water partition coefficient (Wildman–Crippen LogP) is 0.935. The molecule has 120 valence electrons. The molecule has 22 heavy (non-hydrogen) atoms. The van der Waals surface area contributed by atoms with Crippen LogP contribution in [-0.2, 0) is 24.2 Å². The first-order valence-corrected chi connectivity index (χ1v) is 8.97. The molecule has 3 fully saturated rings. The number of ether oxygens (including phenoxy) is 3. The number of sulfonamides is 1. The normalized spacial score (nSPS) is 33.0. The van der Waals surface area contributed by atoms with Gasteiger partial charge in [0.1, 0.15) is 6.10 Å². The van der Waals surface area contributed by atoms with Gasteiger partial charge >= 0.3 is 0 Å². The molecule has 0 saturated carbocycles. The van der Waals surface area contributed by atoms with Gasteiger partial charge in [-0.15, -0.1) is 0 Å². The lowest BCUT2D eigenvalue weighted by molar-refractivity contribution is 0.304. The molecule has 0 amide bonds. The monoisotopic (exact) mass is 325 g/mol. The van der Waals surface area contributed by atoms with Crippen LogP contribution in [0.25, 0.3) is 0 Å². The van der Waals surface area contributed by atoms with Crippen LogP contribution in [0.3, 0.4) is 0 Å². The zero-order chi connectivity index (χ0) is 15.3. The van der Waals surface area contributed by atoms with Gasteiger partial charge in [-0.1, -0.05) is 12.1 Å². The smallest absolute Gasteiger partial charge is 0.243 e. The first-order valence-electron chi connectivity index (χ1n) is 7.53. The van der Waals surface area contributed by atoms with E-state index in [1.807, 2.05) is 19.1 Å². The highest BCUT2D eigenvalue weighted by atomic mass is 32.2. The van der Waals surface area contributed by atoms with E-state index in [1.165, 1.54) is 4.31 Å². The molecule has 4 rings (SSSR count). The Kier molecular flexibility index (Phi) is 3.50. The Morgan fingerprint density at radius 1 is 1.09 bits per heavy atom. The van der Waals surface area contributed by atoms with Gasteiger partial charge in [-0.05, 0) is 24.6 Å². The van der Waals surface area contributed by atoms with Crippen molar-refractivity contribution in [2.24, 2.45) is 0 Å². The van der Waals surface area contributed by atoms with E-state index in [0.29, 0.717) is 31.2 Å². The van der Waals surface area contributed by atoms with Gasteiger partial charge in [-0.2, -0.15) is 4.31 Å². The molecule has 0 aliphatic carbocycles. The molecule has 3 saturated heterocycles. The third-order valence-electron chi connectivity index (χ3n) is 4.18. The molecular weight excluding hydrogens is 306 g/mol. The van der Waals surface area contributed by atoms with E-state index in [2.05, 4.69) is 0 Å². The summed E-state index contributed by atoms with van der Waals surface area (Å²) in [6.07, 6.45) is 0.368. The summed E-state index contributed by atoms with van der Waals surface area (Å²) < 4.78 is 42.8. The Bertz CT molecular complexity index is 637. The molecule has 1 aromatic rings. The lowest BCUT2D eigenvalue weighted by Crippen LogP contribution is -2.37. The van der Waals surface area contributed by atoms with Gasteiger partial charge < -0.3 is 14.2 Å². The summed E-state index contributed by atoms with van der Waals surface area (Å²) in [5.41, 5.74) is 1.02. The Morgan fingerprint density at radius 2 is 1.59 bits per heavy atom. The third-order valence-corrected chi connectivity index (χ3v) is 6.02. The molecule has 0 N–H and O–H groups in total. The average molecular weight is 325 g/mol. The van der Waals surface area contributed by atoms with Crippen molar-refractivity contribution < 1.29 is 22.6 Å². The summed E-state index contributed by atoms with van der Waals surface area (Å²) in [5.74, 6) is 0. The van der Waals surface area contributed by atoms with E-state index in [-0.39, 0.29) is 24.4 Å². The van der Waals surface area contributed by atoms with E-state index in [9.17, 15) is 8.42 Å². The van der Waals surface area contributed by atoms with Crippen LogP contribution in [0.5, 0.6) is 0 Å². The Morgan fingerprint density at radius 3 is 2.00 bits per heavy atom. The molecule has 7 heteroatoms. The Labute approximate surface area is 130 Å². The van der Waals surface area contributed by atoms with Crippen molar-refractivity contribution in [2.45, 2.75) is 36.2 Å². The highest BCUT2D eigenvalue weighted by Gasteiger charge is 2.38. The zero-order valence-corrected chi connectivity index (χ0v) is 13.2. The van der Waals surface area contributed by atoms with Crippen LogP contribution in [0.2, 0.25) is 0 Å². The quantitative estimate of drug-likeness (QED) is 0.697. The largest absolute Gasteiger partial charge is 0.372 e. The van der Waals surface area contributed by atoms with Crippen LogP contribution < -0.4 is 0 Å². The van der Waals surface area contributed by atoms with Crippen molar-refractivity contribution in [1.82, 2.24) is 4.31 Å². The van der Waals surface area contributed by atoms with Crippen molar-refractivity contribution in [2.75, 3.05) is 26.3 Å². The van der Waals surface area contributed by atoms with Gasteiger partial charge in [0.25, 0.3) is 0 Å². The number of rotatable bonds is 7. The standard InChI is InChI=1S/C15H19NO5S/c1-10-15(21-10)11-2-4-14(5-3-11)22(17,18)16(6-12-8-19-12)7-13-9-20-13/h2-5,10,12-13,15H,6-9H2,1H3. The molecular formula is C15H19NO5S. The number of epoxide rings is 3. The SMILES string of the molecule is CC1OC1c1ccc(S(=O)(=O)N(CC2CO2)CC2CO2)cc1. The summed E-state index contributed by atoms with van der Waals surface area (Å²) in [6, 6.07) is 6.99. The predicted molar refractivity (Wildman–Crippen MR) is 78.0 cm³/mol. The summed E-state index contributed by atoms with van der Waals surface area (Å²) in [5, 5.41) is 0. The maximum Gasteiger partial charge on any atom is 0.243 e. The Hall–Kier alpha value is -0.990. The second-order valence-electron chi connectivity index (χ2n) is 6.06. The molecule has 0 radical (unpaired) electrons. The maximum atomic E-state index is 12.8. The van der Waals surface area contributed by atoms with E-state index in [1.54, 1.807) is 12.1 Å². The minimum absolute atomic E-state index is 0.0218. The molecule has 4 unspecified atom stereocenters. The van der Waals surface area contributed by atoms with Gasteiger partial charge in [-0.25, -0.2) is 8.42 Å². The summed E-state index contributed by atoms with van der Waals surface area (Å²) in [6.45, 7) is 4.06. The number of hydrogen-bond acceptors (Lipinski definition) is 5. The fourth-order valence-electron chi connectivity index (χ4n) is 2.59. The van der Waals surface area contributed by atoms with Gasteiger partial charge in [0.2, 0.25) is 10.0 Å². The van der Waals surface area contributed by atoms with Crippen molar-refractivity contribution in [1.29, 1.82) is 0 Å². The van der Waals surface area contributed by atoms with Crippen LogP contribution in [0.1, 0.15) is 18.6 Å². The zero-order valence-electron chi connectivity index (χ0n) is 12.3. The van der Waals surface area contributed by atoms with Crippen molar-refractivity contribution in [3.05, 3.63) is 29.8 Å². The van der Waals surface area contributed by atoms with Crippen molar-refractivity contribution >= 4 is 10.0 Å². The molecule has 0 bridgehead atoms. The topological polar surface area (TPSA) is 75.0 Å². The maximum absolute atomic E-state index is 12.8. The third kappa shape index (κ3) is 3.04. The molecule has 3 aliphatic heterocycles. The average Bonchev–Trinajstić information content (AvgIpc) is 3.31. The second-order valence-corrected chi connectivity index (χ2v) is 8.00. The van der Waals surface area contributed by atoms with Crippen LogP contribution >= 0.6 is 0 Å². The van der Waals surface area contributed by atoms with Crippen molar-refractivity contribution in [3.8, 4) is 0 Å². The van der Waals surface area contributed by atoms with Gasteiger partial charge in [-0.3, -0.25) is 0 Å². The van der Waals surface area contributed by atoms with E-state index < -0.39 is 10.0 Å². The van der Waals surface area contributed by atoms with Crippen LogP contribution in [-0.4, -0.2) is 57.3 Å². The van der Waals surface area contributed by atoms with E-state index >= 15 is 0 Å². The molecule has 0 spiro atoms. The molecule has 3 heterocycles. The number of benzene rings is 1. The minimum atomic E-state index is -3.51. The molecule has 3 aliphatic rings. The molecule has 0 aromatic heterocycles.